The summed E-state index contributed by atoms with van der Waals surface area (Å²) in [5.41, 5.74) is 7.40. The summed E-state index contributed by atoms with van der Waals surface area (Å²) >= 11 is 0. The number of ether oxygens (including phenoxy) is 1. The fraction of sp³-hybridized carbons (Fsp3) is 0.212. The van der Waals surface area contributed by atoms with Crippen LogP contribution < -0.4 is 4.74 Å². The average Bonchev–Trinajstić information content (AvgIpc) is 3.66. The fourth-order valence-electron chi connectivity index (χ4n) is 7.71. The van der Waals surface area contributed by atoms with E-state index >= 15 is 0 Å². The number of benzene rings is 4. The van der Waals surface area contributed by atoms with Gasteiger partial charge in [-0.1, -0.05) is 48.5 Å². The molecule has 2 bridgehead atoms. The molecule has 0 unspecified atom stereocenters. The van der Waals surface area contributed by atoms with E-state index in [-0.39, 0.29) is 18.0 Å². The number of carbonyl (C=O) groups is 2. The van der Waals surface area contributed by atoms with Gasteiger partial charge in [0.15, 0.2) is 5.78 Å². The number of amides is 1. The van der Waals surface area contributed by atoms with Gasteiger partial charge in [-0.3, -0.25) is 9.59 Å². The third-order valence-corrected chi connectivity index (χ3v) is 9.26. The fourth-order valence-corrected chi connectivity index (χ4v) is 7.71. The van der Waals surface area contributed by atoms with E-state index in [2.05, 4.69) is 57.7 Å². The van der Waals surface area contributed by atoms with Crippen molar-refractivity contribution in [2.45, 2.75) is 38.0 Å². The average molecular weight is 512 g/mol. The Morgan fingerprint density at radius 1 is 0.821 bits per heavy atom. The van der Waals surface area contributed by atoms with E-state index in [0.717, 1.165) is 72.5 Å². The normalized spacial score (nSPS) is 19.8. The molecule has 190 valence electrons. The second kappa shape index (κ2) is 7.29. The van der Waals surface area contributed by atoms with E-state index in [1.807, 2.05) is 29.2 Å². The van der Waals surface area contributed by atoms with Gasteiger partial charge in [0.25, 0.3) is 5.91 Å². The summed E-state index contributed by atoms with van der Waals surface area (Å²) in [6.07, 6.45) is 1.32. The minimum absolute atomic E-state index is 0.0768. The molecule has 0 spiro atoms. The molecule has 2 aromatic heterocycles. The maximum absolute atomic E-state index is 14.3. The van der Waals surface area contributed by atoms with E-state index in [9.17, 15) is 9.59 Å². The molecule has 1 aliphatic carbocycles. The number of para-hydroxylation sites is 2. The number of aromatic nitrogens is 2. The number of rotatable bonds is 3. The van der Waals surface area contributed by atoms with Crippen LogP contribution in [0.1, 0.15) is 46.4 Å². The summed E-state index contributed by atoms with van der Waals surface area (Å²) < 4.78 is 10.0. The van der Waals surface area contributed by atoms with Gasteiger partial charge >= 0.3 is 0 Å². The Kier molecular flexibility index (Phi) is 3.99. The third-order valence-electron chi connectivity index (χ3n) is 9.26. The van der Waals surface area contributed by atoms with Gasteiger partial charge in [-0.2, -0.15) is 0 Å². The first kappa shape index (κ1) is 21.4. The number of nitrogens with zero attached hydrogens (tertiary/aromatic N) is 3. The van der Waals surface area contributed by atoms with Crippen LogP contribution in [0.2, 0.25) is 0 Å². The van der Waals surface area contributed by atoms with Gasteiger partial charge < -0.3 is 18.8 Å². The lowest BCUT2D eigenvalue weighted by Gasteiger charge is -2.16. The van der Waals surface area contributed by atoms with Gasteiger partial charge in [0, 0.05) is 58.1 Å². The van der Waals surface area contributed by atoms with Crippen LogP contribution in [-0.2, 0) is 17.9 Å². The number of hydrogen-bond donors (Lipinski definition) is 0. The van der Waals surface area contributed by atoms with E-state index in [1.165, 1.54) is 0 Å². The van der Waals surface area contributed by atoms with Crippen LogP contribution in [0.15, 0.2) is 72.8 Å². The number of ketones is 1. The lowest BCUT2D eigenvalue weighted by Crippen LogP contribution is -2.23. The lowest BCUT2D eigenvalue weighted by molar-refractivity contribution is -0.120. The van der Waals surface area contributed by atoms with Crippen LogP contribution in [-0.4, -0.2) is 32.8 Å². The highest BCUT2D eigenvalue weighted by molar-refractivity contribution is 6.31. The Morgan fingerprint density at radius 3 is 2.23 bits per heavy atom. The molecule has 4 aromatic carbocycles. The van der Waals surface area contributed by atoms with Crippen molar-refractivity contribution in [2.24, 2.45) is 0 Å². The van der Waals surface area contributed by atoms with Gasteiger partial charge in [0.05, 0.1) is 29.7 Å². The first-order valence-electron chi connectivity index (χ1n) is 13.6. The molecule has 1 saturated carbocycles. The zero-order chi connectivity index (χ0) is 26.0. The molecule has 1 fully saturated rings. The topological polar surface area (TPSA) is 56.5 Å². The van der Waals surface area contributed by atoms with Gasteiger partial charge in [0.2, 0.25) is 0 Å². The maximum atomic E-state index is 14.3. The molecule has 4 heterocycles. The van der Waals surface area contributed by atoms with Gasteiger partial charge in [-0.05, 0) is 41.8 Å². The van der Waals surface area contributed by atoms with Crippen molar-refractivity contribution >= 4 is 55.3 Å². The molecule has 0 saturated heterocycles. The molecule has 2 aliphatic heterocycles. The van der Waals surface area contributed by atoms with Gasteiger partial charge in [-0.15, -0.1) is 0 Å². The molecule has 2 atom stereocenters. The number of carbonyl (C=O) groups excluding carboxylic acids is 2. The summed E-state index contributed by atoms with van der Waals surface area (Å²) in [5.74, 6) is 1.18. The van der Waals surface area contributed by atoms with Crippen LogP contribution in [0.3, 0.4) is 0 Å². The summed E-state index contributed by atoms with van der Waals surface area (Å²) in [6.45, 7) is 1.07. The minimum atomic E-state index is -0.176. The summed E-state index contributed by atoms with van der Waals surface area (Å²) in [5, 5.41) is 4.39. The van der Waals surface area contributed by atoms with Crippen molar-refractivity contribution < 1.29 is 14.3 Å². The Morgan fingerprint density at radius 2 is 1.49 bits per heavy atom. The molecule has 39 heavy (non-hydrogen) atoms. The zero-order valence-electron chi connectivity index (χ0n) is 21.5. The molecule has 3 aliphatic rings. The molecule has 6 nitrogen and oxygen atoms in total. The molecule has 1 amide bonds. The van der Waals surface area contributed by atoms with Crippen molar-refractivity contribution in [3.8, 4) is 5.75 Å². The highest BCUT2D eigenvalue weighted by atomic mass is 16.5. The van der Waals surface area contributed by atoms with E-state index in [4.69, 9.17) is 4.74 Å². The van der Waals surface area contributed by atoms with E-state index < -0.39 is 0 Å². The second-order valence-electron chi connectivity index (χ2n) is 11.2. The summed E-state index contributed by atoms with van der Waals surface area (Å²) in [4.78, 5) is 29.8. The predicted octanol–water partition coefficient (Wildman–Crippen LogP) is 6.53. The smallest absolute Gasteiger partial charge is 0.255 e. The predicted molar refractivity (Wildman–Crippen MR) is 151 cm³/mol. The molecule has 6 heteroatoms. The maximum Gasteiger partial charge on any atom is 0.255 e. The molecule has 0 radical (unpaired) electrons. The monoisotopic (exact) mass is 511 g/mol. The van der Waals surface area contributed by atoms with Crippen LogP contribution in [0.4, 0.5) is 0 Å². The zero-order valence-corrected chi connectivity index (χ0v) is 21.5. The Balaban J connectivity index is 1.41. The SMILES string of the molecule is COc1ccc(CN2Cc3c(c4c5ccccc5n5c4c4c3c3ccccc3n4[C@H]3C[C@@H]5CC3=O)C2=O)cc1. The van der Waals surface area contributed by atoms with Crippen LogP contribution >= 0.6 is 0 Å². The molecule has 0 N–H and O–H groups in total. The summed E-state index contributed by atoms with van der Waals surface area (Å²) in [6, 6.07) is 24.7. The third kappa shape index (κ3) is 2.56. The van der Waals surface area contributed by atoms with Crippen molar-refractivity contribution in [3.63, 3.8) is 0 Å². The molecule has 6 aromatic rings. The molecular weight excluding hydrogens is 486 g/mol. The Hall–Kier alpha value is -4.58. The van der Waals surface area contributed by atoms with Crippen molar-refractivity contribution in [2.75, 3.05) is 7.11 Å². The number of Topliss-reactive ketones (excluding diaryl/α,β-unsaturated/α-hetero) is 1. The van der Waals surface area contributed by atoms with Crippen LogP contribution in [0.5, 0.6) is 5.75 Å². The quantitative estimate of drug-likeness (QED) is 0.272. The largest absolute Gasteiger partial charge is 0.497 e. The highest BCUT2D eigenvalue weighted by Gasteiger charge is 2.44. The van der Waals surface area contributed by atoms with Crippen molar-refractivity contribution in [1.29, 1.82) is 0 Å². The van der Waals surface area contributed by atoms with E-state index in [0.29, 0.717) is 25.3 Å². The number of hydrogen-bond acceptors (Lipinski definition) is 3. The van der Waals surface area contributed by atoms with Crippen molar-refractivity contribution in [1.82, 2.24) is 14.0 Å². The number of fused-ring (bicyclic) bond motifs is 13. The van der Waals surface area contributed by atoms with Gasteiger partial charge in [-0.25, -0.2) is 0 Å². The lowest BCUT2D eigenvalue weighted by atomic mass is 9.97. The molecular formula is C33H25N3O3. The van der Waals surface area contributed by atoms with Crippen molar-refractivity contribution in [3.05, 3.63) is 89.5 Å². The highest BCUT2D eigenvalue weighted by Crippen LogP contribution is 2.53. The Bertz CT molecular complexity index is 2060. The molecule has 9 rings (SSSR count). The second-order valence-corrected chi connectivity index (χ2v) is 11.2. The summed E-state index contributed by atoms with van der Waals surface area (Å²) in [7, 11) is 1.66. The van der Waals surface area contributed by atoms with Gasteiger partial charge in [0.1, 0.15) is 5.75 Å². The number of methoxy groups -OCH3 is 1. The van der Waals surface area contributed by atoms with Crippen LogP contribution in [0.25, 0.3) is 43.6 Å². The first-order chi connectivity index (χ1) is 19.1. The minimum Gasteiger partial charge on any atom is -0.497 e. The Labute approximate surface area is 224 Å². The van der Waals surface area contributed by atoms with Crippen LogP contribution in [0, 0.1) is 0 Å². The first-order valence-corrected chi connectivity index (χ1v) is 13.6. The van der Waals surface area contributed by atoms with E-state index in [1.54, 1.807) is 7.11 Å². The standard InChI is InChI=1S/C33H25N3O3/c1-39-20-12-10-18(11-13-20)16-34-17-23-28-21-6-2-5-9-25(21)36-26-14-19(15-27(26)37)35-24-8-4-3-7-22(24)29(30(23)33(34)38)32(35)31(28)36/h2-13,19,26H,14-17H2,1H3/t19-,26+/m1/s1.